The van der Waals surface area contributed by atoms with Gasteiger partial charge in [0, 0.05) is 20.7 Å². The summed E-state index contributed by atoms with van der Waals surface area (Å²) < 4.78 is 1.03. The molecule has 1 unspecified atom stereocenters. The first-order valence-electron chi connectivity index (χ1n) is 8.92. The molecule has 0 spiro atoms. The number of benzene rings is 2. The number of nitrogens with zero attached hydrogens (tertiary/aromatic N) is 2. The van der Waals surface area contributed by atoms with Crippen molar-refractivity contribution in [2.45, 2.75) is 19.9 Å². The quantitative estimate of drug-likeness (QED) is 0.231. The highest BCUT2D eigenvalue weighted by molar-refractivity contribution is 14.1. The molecule has 1 aromatic heterocycles. The molecular weight excluding hydrogens is 499 g/mol. The monoisotopic (exact) mass is 516 g/mol. The number of Topliss-reactive ketones (excluding diaryl/α,β-unsaturated/α-hetero) is 1. The molecule has 5 nitrogen and oxygen atoms in total. The summed E-state index contributed by atoms with van der Waals surface area (Å²) in [6.07, 6.45) is 1.59. The van der Waals surface area contributed by atoms with Crippen molar-refractivity contribution in [2.24, 2.45) is 0 Å². The van der Waals surface area contributed by atoms with Gasteiger partial charge in [-0.3, -0.25) is 14.5 Å². The van der Waals surface area contributed by atoms with Gasteiger partial charge in [0.25, 0.3) is 5.78 Å². The summed E-state index contributed by atoms with van der Waals surface area (Å²) in [5, 5.41) is 13.4. The molecule has 1 aliphatic heterocycles. The third-order valence-electron chi connectivity index (χ3n) is 4.90. The van der Waals surface area contributed by atoms with Crippen LogP contribution in [-0.4, -0.2) is 21.8 Å². The number of ketones is 1. The van der Waals surface area contributed by atoms with E-state index in [2.05, 4.69) is 27.6 Å². The van der Waals surface area contributed by atoms with Crippen LogP contribution in [0.2, 0.25) is 0 Å². The zero-order valence-corrected chi connectivity index (χ0v) is 18.7. The summed E-state index contributed by atoms with van der Waals surface area (Å²) in [5.74, 6) is -1.55. The van der Waals surface area contributed by atoms with Crippen molar-refractivity contribution in [1.82, 2.24) is 4.98 Å². The second kappa shape index (κ2) is 7.72. The van der Waals surface area contributed by atoms with Crippen LogP contribution in [0.5, 0.6) is 0 Å². The SMILES string of the molecule is Cc1ccc(C)c(/C(O)=C2\C(=O)C(=O)N(c3nccs3)C2c2ccc(I)cc2)c1. The number of anilines is 1. The fourth-order valence-corrected chi connectivity index (χ4v) is 4.49. The number of hydrogen-bond donors (Lipinski definition) is 1. The van der Waals surface area contributed by atoms with Gasteiger partial charge < -0.3 is 5.11 Å². The number of carbonyl (C=O) groups excluding carboxylic acids is 2. The number of halogens is 1. The molecule has 1 N–H and O–H groups in total. The van der Waals surface area contributed by atoms with Crippen LogP contribution in [0.1, 0.15) is 28.3 Å². The van der Waals surface area contributed by atoms with Gasteiger partial charge in [0.15, 0.2) is 5.13 Å². The number of amides is 1. The Hall–Kier alpha value is -2.52. The van der Waals surface area contributed by atoms with Gasteiger partial charge in [0.2, 0.25) is 0 Å². The predicted molar refractivity (Wildman–Crippen MR) is 122 cm³/mol. The van der Waals surface area contributed by atoms with Crippen LogP contribution in [0.3, 0.4) is 0 Å². The number of carbonyl (C=O) groups is 2. The second-order valence-electron chi connectivity index (χ2n) is 6.85. The van der Waals surface area contributed by atoms with Crippen molar-refractivity contribution in [3.63, 3.8) is 0 Å². The van der Waals surface area contributed by atoms with Gasteiger partial charge in [-0.15, -0.1) is 11.3 Å². The summed E-state index contributed by atoms with van der Waals surface area (Å²) in [4.78, 5) is 31.6. The van der Waals surface area contributed by atoms with E-state index in [1.54, 1.807) is 11.6 Å². The van der Waals surface area contributed by atoms with Crippen LogP contribution in [-0.2, 0) is 9.59 Å². The largest absolute Gasteiger partial charge is 0.507 e. The second-order valence-corrected chi connectivity index (χ2v) is 8.97. The minimum Gasteiger partial charge on any atom is -0.507 e. The Kier molecular flexibility index (Phi) is 5.26. The van der Waals surface area contributed by atoms with Gasteiger partial charge in [0.05, 0.1) is 11.6 Å². The Morgan fingerprint density at radius 1 is 1.14 bits per heavy atom. The van der Waals surface area contributed by atoms with E-state index in [0.29, 0.717) is 10.7 Å². The molecule has 2 heterocycles. The molecule has 0 radical (unpaired) electrons. The average Bonchev–Trinajstić information content (AvgIpc) is 3.31. The van der Waals surface area contributed by atoms with Gasteiger partial charge in [-0.1, -0.05) is 29.8 Å². The molecule has 0 aliphatic carbocycles. The smallest absolute Gasteiger partial charge is 0.301 e. The first kappa shape index (κ1) is 19.8. The molecule has 1 fully saturated rings. The van der Waals surface area contributed by atoms with E-state index in [1.807, 2.05) is 56.3 Å². The fraction of sp³-hybridized carbons (Fsp3) is 0.136. The molecule has 3 aromatic rings. The van der Waals surface area contributed by atoms with E-state index in [-0.39, 0.29) is 11.3 Å². The maximum Gasteiger partial charge on any atom is 0.301 e. The average molecular weight is 516 g/mol. The lowest BCUT2D eigenvalue weighted by atomic mass is 9.93. The minimum absolute atomic E-state index is 0.0834. The van der Waals surface area contributed by atoms with Crippen molar-refractivity contribution in [2.75, 3.05) is 4.90 Å². The number of hydrogen-bond acceptors (Lipinski definition) is 5. The number of aliphatic hydroxyl groups is 1. The normalized spacial score (nSPS) is 18.4. The first-order valence-corrected chi connectivity index (χ1v) is 10.9. The lowest BCUT2D eigenvalue weighted by Gasteiger charge is -2.23. The summed E-state index contributed by atoms with van der Waals surface area (Å²) >= 11 is 3.48. The zero-order chi connectivity index (χ0) is 20.7. The number of aromatic nitrogens is 1. The van der Waals surface area contributed by atoms with Gasteiger partial charge in [-0.2, -0.15) is 0 Å². The number of thiazole rings is 1. The van der Waals surface area contributed by atoms with Crippen molar-refractivity contribution in [3.05, 3.63) is 85.4 Å². The molecule has 0 saturated carbocycles. The van der Waals surface area contributed by atoms with Gasteiger partial charge >= 0.3 is 5.91 Å². The Morgan fingerprint density at radius 2 is 1.86 bits per heavy atom. The topological polar surface area (TPSA) is 70.5 Å². The highest BCUT2D eigenvalue weighted by Gasteiger charge is 2.48. The lowest BCUT2D eigenvalue weighted by Crippen LogP contribution is -2.29. The summed E-state index contributed by atoms with van der Waals surface area (Å²) in [5.41, 5.74) is 3.16. The molecule has 29 heavy (non-hydrogen) atoms. The van der Waals surface area contributed by atoms with E-state index in [9.17, 15) is 14.7 Å². The molecule has 146 valence electrons. The number of rotatable bonds is 3. The maximum atomic E-state index is 13.0. The van der Waals surface area contributed by atoms with Crippen LogP contribution in [0.4, 0.5) is 5.13 Å². The van der Waals surface area contributed by atoms with E-state index >= 15 is 0 Å². The third kappa shape index (κ3) is 3.49. The highest BCUT2D eigenvalue weighted by atomic mass is 127. The van der Waals surface area contributed by atoms with Crippen molar-refractivity contribution in [1.29, 1.82) is 0 Å². The Balaban J connectivity index is 1.97. The molecule has 1 aliphatic rings. The van der Waals surface area contributed by atoms with Crippen LogP contribution >= 0.6 is 33.9 Å². The van der Waals surface area contributed by atoms with E-state index in [4.69, 9.17) is 0 Å². The third-order valence-corrected chi connectivity index (χ3v) is 6.39. The van der Waals surface area contributed by atoms with Crippen molar-refractivity contribution in [3.8, 4) is 0 Å². The molecule has 2 aromatic carbocycles. The number of aryl methyl sites for hydroxylation is 2. The Bertz CT molecular complexity index is 1140. The van der Waals surface area contributed by atoms with Crippen molar-refractivity contribution < 1.29 is 14.7 Å². The van der Waals surface area contributed by atoms with Crippen LogP contribution in [0, 0.1) is 17.4 Å². The predicted octanol–water partition coefficient (Wildman–Crippen LogP) is 4.99. The summed E-state index contributed by atoms with van der Waals surface area (Å²) in [6, 6.07) is 12.5. The zero-order valence-electron chi connectivity index (χ0n) is 15.7. The maximum absolute atomic E-state index is 13.0. The highest BCUT2D eigenvalue weighted by Crippen LogP contribution is 2.43. The summed E-state index contributed by atoms with van der Waals surface area (Å²) in [7, 11) is 0. The van der Waals surface area contributed by atoms with E-state index in [1.165, 1.54) is 16.2 Å². The van der Waals surface area contributed by atoms with Crippen LogP contribution in [0.15, 0.2) is 59.6 Å². The molecule has 1 atom stereocenters. The molecule has 7 heteroatoms. The van der Waals surface area contributed by atoms with Gasteiger partial charge in [-0.25, -0.2) is 4.98 Å². The fourth-order valence-electron chi connectivity index (χ4n) is 3.46. The molecule has 0 bridgehead atoms. The Morgan fingerprint density at radius 3 is 2.52 bits per heavy atom. The van der Waals surface area contributed by atoms with Crippen LogP contribution < -0.4 is 4.90 Å². The molecule has 1 amide bonds. The summed E-state index contributed by atoms with van der Waals surface area (Å²) in [6.45, 7) is 3.78. The molecular formula is C22H17IN2O3S. The molecule has 1 saturated heterocycles. The standard InChI is InChI=1S/C22H17IN2O3S/c1-12-3-4-13(2)16(11-12)19(26)17-18(14-5-7-15(23)8-6-14)25(21(28)20(17)27)22-24-9-10-29-22/h3-11,18,26H,1-2H3/b19-17+. The Labute approximate surface area is 185 Å². The van der Waals surface area contributed by atoms with Gasteiger partial charge in [-0.05, 0) is 65.8 Å². The lowest BCUT2D eigenvalue weighted by molar-refractivity contribution is -0.132. The molecule has 4 rings (SSSR count). The van der Waals surface area contributed by atoms with E-state index in [0.717, 1.165) is 20.3 Å². The van der Waals surface area contributed by atoms with E-state index < -0.39 is 17.7 Å². The first-order chi connectivity index (χ1) is 13.9. The number of aliphatic hydroxyl groups excluding tert-OH is 1. The van der Waals surface area contributed by atoms with Gasteiger partial charge in [0.1, 0.15) is 5.76 Å². The van der Waals surface area contributed by atoms with Crippen LogP contribution in [0.25, 0.3) is 5.76 Å². The van der Waals surface area contributed by atoms with Crippen molar-refractivity contribution >= 4 is 56.5 Å². The minimum atomic E-state index is -0.738.